The first-order valence-corrected chi connectivity index (χ1v) is 4.97. The molecule has 0 fully saturated rings. The summed E-state index contributed by atoms with van der Waals surface area (Å²) in [6.45, 7) is 0.802. The molecule has 0 amide bonds. The Bertz CT molecular complexity index is 394. The Morgan fingerprint density at radius 3 is 2.62 bits per heavy atom. The van der Waals surface area contributed by atoms with Crippen LogP contribution in [0.1, 0.15) is 16.8 Å². The Labute approximate surface area is 94.1 Å². The third-order valence-electron chi connectivity index (χ3n) is 2.19. The second-order valence-corrected chi connectivity index (χ2v) is 3.58. The van der Waals surface area contributed by atoms with E-state index in [4.69, 9.17) is 5.26 Å². The molecule has 0 N–H and O–H groups in total. The minimum absolute atomic E-state index is 0.0690. The van der Waals surface area contributed by atoms with Crippen molar-refractivity contribution in [2.45, 2.75) is 6.42 Å². The highest BCUT2D eigenvalue weighted by Crippen LogP contribution is 2.04. The maximum absolute atomic E-state index is 12.6. The molecular formula is C12H13FN2O. The number of benzene rings is 1. The molecule has 0 radical (unpaired) electrons. The fraction of sp³-hybridized carbons (Fsp3) is 0.333. The fourth-order valence-corrected chi connectivity index (χ4v) is 1.29. The second kappa shape index (κ2) is 5.99. The number of nitriles is 1. The molecule has 1 aromatic carbocycles. The van der Waals surface area contributed by atoms with Gasteiger partial charge in [-0.25, -0.2) is 4.39 Å². The number of nitrogens with zero attached hydrogens (tertiary/aromatic N) is 2. The monoisotopic (exact) mass is 220 g/mol. The molecule has 0 unspecified atom stereocenters. The van der Waals surface area contributed by atoms with Gasteiger partial charge in [0.15, 0.2) is 5.78 Å². The average molecular weight is 220 g/mol. The number of carbonyl (C=O) groups is 1. The van der Waals surface area contributed by atoms with Gasteiger partial charge in [-0.15, -0.1) is 0 Å². The summed E-state index contributed by atoms with van der Waals surface area (Å²) in [4.78, 5) is 13.5. The molecule has 0 spiro atoms. The van der Waals surface area contributed by atoms with Crippen LogP contribution in [0.4, 0.5) is 4.39 Å². The SMILES string of the molecule is CN(CCC#N)CC(=O)c1ccc(F)cc1. The van der Waals surface area contributed by atoms with Crippen molar-refractivity contribution >= 4 is 5.78 Å². The number of hydrogen-bond acceptors (Lipinski definition) is 3. The summed E-state index contributed by atoms with van der Waals surface area (Å²) in [6, 6.07) is 7.49. The Balaban J connectivity index is 2.52. The summed E-state index contributed by atoms with van der Waals surface area (Å²) < 4.78 is 12.6. The zero-order valence-corrected chi connectivity index (χ0v) is 9.11. The van der Waals surface area contributed by atoms with E-state index in [1.807, 2.05) is 6.07 Å². The van der Waals surface area contributed by atoms with E-state index in [-0.39, 0.29) is 18.1 Å². The van der Waals surface area contributed by atoms with Crippen LogP contribution in [0.15, 0.2) is 24.3 Å². The van der Waals surface area contributed by atoms with Crippen molar-refractivity contribution < 1.29 is 9.18 Å². The molecule has 0 atom stereocenters. The normalized spacial score (nSPS) is 10.1. The molecule has 0 aromatic heterocycles. The number of likely N-dealkylation sites (N-methyl/N-ethyl adjacent to an activating group) is 1. The number of hydrogen-bond donors (Lipinski definition) is 0. The van der Waals surface area contributed by atoms with Gasteiger partial charge in [0.25, 0.3) is 0 Å². The first-order chi connectivity index (χ1) is 7.63. The van der Waals surface area contributed by atoms with Crippen LogP contribution in [-0.4, -0.2) is 30.8 Å². The third-order valence-corrected chi connectivity index (χ3v) is 2.19. The van der Waals surface area contributed by atoms with Gasteiger partial charge in [-0.3, -0.25) is 9.69 Å². The molecule has 16 heavy (non-hydrogen) atoms. The van der Waals surface area contributed by atoms with Crippen molar-refractivity contribution in [3.63, 3.8) is 0 Å². The summed E-state index contributed by atoms with van der Waals surface area (Å²) in [7, 11) is 1.78. The number of ketones is 1. The number of Topliss-reactive ketones (excluding diaryl/α,β-unsaturated/α-hetero) is 1. The van der Waals surface area contributed by atoms with Crippen LogP contribution in [-0.2, 0) is 0 Å². The van der Waals surface area contributed by atoms with Gasteiger partial charge in [-0.2, -0.15) is 5.26 Å². The molecule has 4 heteroatoms. The van der Waals surface area contributed by atoms with E-state index in [2.05, 4.69) is 0 Å². The Morgan fingerprint density at radius 2 is 2.06 bits per heavy atom. The molecule has 0 aliphatic heterocycles. The minimum atomic E-state index is -0.352. The highest BCUT2D eigenvalue weighted by atomic mass is 19.1. The van der Waals surface area contributed by atoms with Crippen LogP contribution in [0, 0.1) is 17.1 Å². The molecular weight excluding hydrogens is 207 g/mol. The molecule has 3 nitrogen and oxygen atoms in total. The van der Waals surface area contributed by atoms with Crippen molar-refractivity contribution in [3.05, 3.63) is 35.6 Å². The highest BCUT2D eigenvalue weighted by molar-refractivity contribution is 5.97. The molecule has 84 valence electrons. The van der Waals surface area contributed by atoms with Crippen LogP contribution in [0.2, 0.25) is 0 Å². The van der Waals surface area contributed by atoms with Gasteiger partial charge in [0, 0.05) is 18.5 Å². The lowest BCUT2D eigenvalue weighted by molar-refractivity contribution is 0.0947. The van der Waals surface area contributed by atoms with E-state index in [0.29, 0.717) is 18.5 Å². The van der Waals surface area contributed by atoms with Crippen molar-refractivity contribution in [3.8, 4) is 6.07 Å². The molecule has 1 rings (SSSR count). The van der Waals surface area contributed by atoms with E-state index in [1.54, 1.807) is 11.9 Å². The van der Waals surface area contributed by atoms with Crippen molar-refractivity contribution in [1.82, 2.24) is 4.90 Å². The smallest absolute Gasteiger partial charge is 0.176 e. The third kappa shape index (κ3) is 3.79. The van der Waals surface area contributed by atoms with Crippen LogP contribution >= 0.6 is 0 Å². The number of rotatable bonds is 5. The molecule has 0 heterocycles. The minimum Gasteiger partial charge on any atom is -0.298 e. The topological polar surface area (TPSA) is 44.1 Å². The van der Waals surface area contributed by atoms with Gasteiger partial charge in [-0.05, 0) is 31.3 Å². The molecule has 0 aliphatic rings. The predicted molar refractivity (Wildman–Crippen MR) is 58.5 cm³/mol. The highest BCUT2D eigenvalue weighted by Gasteiger charge is 2.08. The zero-order chi connectivity index (χ0) is 12.0. The van der Waals surface area contributed by atoms with Crippen molar-refractivity contribution in [2.75, 3.05) is 20.1 Å². The van der Waals surface area contributed by atoms with Gasteiger partial charge < -0.3 is 0 Å². The number of carbonyl (C=O) groups excluding carboxylic acids is 1. The molecule has 0 bridgehead atoms. The van der Waals surface area contributed by atoms with Crippen LogP contribution in [0.25, 0.3) is 0 Å². The molecule has 0 aliphatic carbocycles. The van der Waals surface area contributed by atoms with Gasteiger partial charge in [0.2, 0.25) is 0 Å². The lowest BCUT2D eigenvalue weighted by Crippen LogP contribution is -2.26. The zero-order valence-electron chi connectivity index (χ0n) is 9.11. The maximum Gasteiger partial charge on any atom is 0.176 e. The Hall–Kier alpha value is -1.73. The molecule has 0 saturated heterocycles. The molecule has 1 aromatic rings. The van der Waals surface area contributed by atoms with Crippen molar-refractivity contribution in [2.24, 2.45) is 0 Å². The van der Waals surface area contributed by atoms with Gasteiger partial charge in [-0.1, -0.05) is 0 Å². The predicted octanol–water partition coefficient (Wildman–Crippen LogP) is 1.85. The first kappa shape index (κ1) is 12.3. The van der Waals surface area contributed by atoms with E-state index in [9.17, 15) is 9.18 Å². The lowest BCUT2D eigenvalue weighted by Gasteiger charge is -2.13. The van der Waals surface area contributed by atoms with E-state index >= 15 is 0 Å². The summed E-state index contributed by atoms with van der Waals surface area (Å²) in [6.07, 6.45) is 0.396. The Morgan fingerprint density at radius 1 is 1.44 bits per heavy atom. The van der Waals surface area contributed by atoms with E-state index < -0.39 is 0 Å². The van der Waals surface area contributed by atoms with Crippen LogP contribution < -0.4 is 0 Å². The largest absolute Gasteiger partial charge is 0.298 e. The van der Waals surface area contributed by atoms with Gasteiger partial charge in [0.1, 0.15) is 5.82 Å². The molecule has 0 saturated carbocycles. The van der Waals surface area contributed by atoms with Gasteiger partial charge >= 0.3 is 0 Å². The van der Waals surface area contributed by atoms with Crippen LogP contribution in [0.3, 0.4) is 0 Å². The van der Waals surface area contributed by atoms with E-state index in [1.165, 1.54) is 24.3 Å². The second-order valence-electron chi connectivity index (χ2n) is 3.58. The summed E-state index contributed by atoms with van der Waals surface area (Å²) >= 11 is 0. The van der Waals surface area contributed by atoms with Crippen molar-refractivity contribution in [1.29, 1.82) is 5.26 Å². The Kier molecular flexibility index (Phi) is 4.62. The summed E-state index contributed by atoms with van der Waals surface area (Å²) in [5.74, 6) is -0.421. The average Bonchev–Trinajstić information content (AvgIpc) is 2.27. The number of halogens is 1. The van der Waals surface area contributed by atoms with E-state index in [0.717, 1.165) is 0 Å². The maximum atomic E-state index is 12.6. The van der Waals surface area contributed by atoms with Crippen LogP contribution in [0.5, 0.6) is 0 Å². The standard InChI is InChI=1S/C12H13FN2O/c1-15(8-2-7-14)9-12(16)10-3-5-11(13)6-4-10/h3-6H,2,8-9H2,1H3. The fourth-order valence-electron chi connectivity index (χ4n) is 1.29. The quantitative estimate of drug-likeness (QED) is 0.711. The first-order valence-electron chi connectivity index (χ1n) is 4.97. The van der Waals surface area contributed by atoms with Gasteiger partial charge in [0.05, 0.1) is 12.6 Å². The lowest BCUT2D eigenvalue weighted by atomic mass is 10.1. The summed E-state index contributed by atoms with van der Waals surface area (Å²) in [5.41, 5.74) is 0.491. The summed E-state index contributed by atoms with van der Waals surface area (Å²) in [5, 5.41) is 8.39.